The number of nitrogens with one attached hydrogen (secondary N) is 1. The summed E-state index contributed by atoms with van der Waals surface area (Å²) in [6.45, 7) is 3.30. The van der Waals surface area contributed by atoms with Crippen LogP contribution in [0.4, 0.5) is 0 Å². The van der Waals surface area contributed by atoms with Gasteiger partial charge in [0.05, 0.1) is 0 Å². The summed E-state index contributed by atoms with van der Waals surface area (Å²) in [5, 5.41) is 7.26. The van der Waals surface area contributed by atoms with Crippen molar-refractivity contribution in [2.45, 2.75) is 39.2 Å². The molecule has 0 atom stereocenters. The van der Waals surface area contributed by atoms with E-state index in [4.69, 9.17) is 12.2 Å². The van der Waals surface area contributed by atoms with Gasteiger partial charge in [-0.15, -0.1) is 0 Å². The van der Waals surface area contributed by atoms with Crippen molar-refractivity contribution in [1.29, 1.82) is 0 Å². The fourth-order valence-electron chi connectivity index (χ4n) is 2.95. The van der Waals surface area contributed by atoms with E-state index >= 15 is 0 Å². The smallest absolute Gasteiger partial charge is 0.195 e. The van der Waals surface area contributed by atoms with Crippen LogP contribution in [0, 0.1) is 16.6 Å². The van der Waals surface area contributed by atoms with E-state index in [0.29, 0.717) is 10.7 Å². The maximum absolute atomic E-state index is 5.38. The summed E-state index contributed by atoms with van der Waals surface area (Å²) >= 11 is 5.38. The summed E-state index contributed by atoms with van der Waals surface area (Å²) in [6.07, 6.45) is 7.02. The van der Waals surface area contributed by atoms with Crippen molar-refractivity contribution in [2.24, 2.45) is 11.8 Å². The van der Waals surface area contributed by atoms with Gasteiger partial charge in [0.15, 0.2) is 10.6 Å². The van der Waals surface area contributed by atoms with Crippen LogP contribution in [-0.4, -0.2) is 19.7 Å². The second kappa shape index (κ2) is 5.87. The van der Waals surface area contributed by atoms with Crippen LogP contribution < -0.4 is 0 Å². The summed E-state index contributed by atoms with van der Waals surface area (Å²) < 4.78 is 2.81. The molecule has 0 unspecified atom stereocenters. The predicted octanol–water partition coefficient (Wildman–Crippen LogP) is 3.83. The van der Waals surface area contributed by atoms with Crippen LogP contribution in [-0.2, 0) is 6.54 Å². The molecule has 0 saturated heterocycles. The number of aromatic amines is 1. The first kappa shape index (κ1) is 13.5. The van der Waals surface area contributed by atoms with Crippen molar-refractivity contribution in [3.63, 3.8) is 0 Å². The SMILES string of the molecule is CC1CCC(Cn2c(-c3ccccn3)n[nH]c2=S)CC1. The molecule has 1 fully saturated rings. The van der Waals surface area contributed by atoms with Gasteiger partial charge in [-0.2, -0.15) is 5.10 Å². The second-order valence-corrected chi connectivity index (χ2v) is 6.19. The maximum Gasteiger partial charge on any atom is 0.195 e. The Morgan fingerprint density at radius 3 is 2.80 bits per heavy atom. The quantitative estimate of drug-likeness (QED) is 0.873. The molecular formula is C15H20N4S. The van der Waals surface area contributed by atoms with E-state index in [2.05, 4.69) is 26.7 Å². The molecule has 2 heterocycles. The minimum Gasteiger partial charge on any atom is -0.299 e. The topological polar surface area (TPSA) is 46.5 Å². The van der Waals surface area contributed by atoms with E-state index in [0.717, 1.165) is 24.0 Å². The second-order valence-electron chi connectivity index (χ2n) is 5.80. The van der Waals surface area contributed by atoms with Crippen LogP contribution in [0.25, 0.3) is 11.5 Å². The first-order valence-corrected chi connectivity index (χ1v) is 7.71. The van der Waals surface area contributed by atoms with Crippen molar-refractivity contribution >= 4 is 12.2 Å². The average Bonchev–Trinajstić information content (AvgIpc) is 2.84. The Balaban J connectivity index is 1.83. The van der Waals surface area contributed by atoms with Crippen LogP contribution in [0.3, 0.4) is 0 Å². The molecule has 20 heavy (non-hydrogen) atoms. The highest BCUT2D eigenvalue weighted by Gasteiger charge is 2.20. The summed E-state index contributed by atoms with van der Waals surface area (Å²) in [4.78, 5) is 4.38. The van der Waals surface area contributed by atoms with Gasteiger partial charge in [0.1, 0.15) is 5.69 Å². The lowest BCUT2D eigenvalue weighted by Crippen LogP contribution is -2.18. The molecule has 1 saturated carbocycles. The van der Waals surface area contributed by atoms with Gasteiger partial charge in [-0.3, -0.25) is 14.6 Å². The third-order valence-corrected chi connectivity index (χ3v) is 4.54. The molecular weight excluding hydrogens is 268 g/mol. The minimum absolute atomic E-state index is 0.698. The van der Waals surface area contributed by atoms with E-state index < -0.39 is 0 Å². The van der Waals surface area contributed by atoms with Crippen molar-refractivity contribution in [3.05, 3.63) is 29.2 Å². The van der Waals surface area contributed by atoms with Gasteiger partial charge in [0.25, 0.3) is 0 Å². The summed E-state index contributed by atoms with van der Waals surface area (Å²) in [7, 11) is 0. The molecule has 0 aromatic carbocycles. The van der Waals surface area contributed by atoms with E-state index in [1.54, 1.807) is 6.20 Å². The Labute approximate surface area is 124 Å². The van der Waals surface area contributed by atoms with Crippen LogP contribution in [0.15, 0.2) is 24.4 Å². The van der Waals surface area contributed by atoms with E-state index in [-0.39, 0.29) is 0 Å². The van der Waals surface area contributed by atoms with Crippen molar-refractivity contribution in [3.8, 4) is 11.5 Å². The van der Waals surface area contributed by atoms with E-state index in [9.17, 15) is 0 Å². The maximum atomic E-state index is 5.38. The standard InChI is InChI=1S/C15H20N4S/c1-11-5-7-12(8-6-11)10-19-14(17-18-15(19)20)13-4-2-3-9-16-13/h2-4,9,11-12H,5-8,10H2,1H3,(H,18,20). The molecule has 5 heteroatoms. The molecule has 0 spiro atoms. The molecule has 1 N–H and O–H groups in total. The molecule has 0 amide bonds. The first-order valence-electron chi connectivity index (χ1n) is 7.30. The average molecular weight is 288 g/mol. The van der Waals surface area contributed by atoms with Gasteiger partial charge in [0.2, 0.25) is 0 Å². The Bertz CT molecular complexity index is 608. The molecule has 2 aromatic heterocycles. The van der Waals surface area contributed by atoms with Crippen molar-refractivity contribution < 1.29 is 0 Å². The zero-order valence-electron chi connectivity index (χ0n) is 11.7. The van der Waals surface area contributed by atoms with Gasteiger partial charge in [-0.25, -0.2) is 0 Å². The molecule has 1 aliphatic rings. The lowest BCUT2D eigenvalue weighted by molar-refractivity contribution is 0.264. The number of hydrogen-bond acceptors (Lipinski definition) is 3. The van der Waals surface area contributed by atoms with Crippen LogP contribution in [0.2, 0.25) is 0 Å². The Kier molecular flexibility index (Phi) is 3.96. The Hall–Kier alpha value is -1.49. The molecule has 1 aliphatic carbocycles. The summed E-state index contributed by atoms with van der Waals surface area (Å²) in [5.41, 5.74) is 0.879. The number of hydrogen-bond donors (Lipinski definition) is 1. The zero-order valence-corrected chi connectivity index (χ0v) is 12.6. The van der Waals surface area contributed by atoms with Gasteiger partial charge in [0, 0.05) is 12.7 Å². The number of rotatable bonds is 3. The monoisotopic (exact) mass is 288 g/mol. The van der Waals surface area contributed by atoms with Gasteiger partial charge >= 0.3 is 0 Å². The fraction of sp³-hybridized carbons (Fsp3) is 0.533. The van der Waals surface area contributed by atoms with Gasteiger partial charge in [-0.05, 0) is 49.0 Å². The number of aromatic nitrogens is 4. The van der Waals surface area contributed by atoms with E-state index in [1.807, 2.05) is 18.2 Å². The third kappa shape index (κ3) is 2.82. The normalized spacial score (nSPS) is 22.9. The van der Waals surface area contributed by atoms with Crippen molar-refractivity contribution in [2.75, 3.05) is 0 Å². The van der Waals surface area contributed by atoms with Crippen LogP contribution in [0.1, 0.15) is 32.6 Å². The Morgan fingerprint density at radius 2 is 2.10 bits per heavy atom. The first-order chi connectivity index (χ1) is 9.74. The molecule has 106 valence electrons. The fourth-order valence-corrected chi connectivity index (χ4v) is 3.15. The lowest BCUT2D eigenvalue weighted by atomic mass is 9.83. The predicted molar refractivity (Wildman–Crippen MR) is 81.8 cm³/mol. The summed E-state index contributed by atoms with van der Waals surface area (Å²) in [5.74, 6) is 2.44. The molecule has 0 bridgehead atoms. The molecule has 2 aromatic rings. The number of pyridine rings is 1. The van der Waals surface area contributed by atoms with Gasteiger partial charge in [-0.1, -0.05) is 25.8 Å². The molecule has 3 rings (SSSR count). The number of H-pyrrole nitrogens is 1. The third-order valence-electron chi connectivity index (χ3n) is 4.23. The summed E-state index contributed by atoms with van der Waals surface area (Å²) in [6, 6.07) is 5.87. The highest BCUT2D eigenvalue weighted by Crippen LogP contribution is 2.30. The molecule has 0 radical (unpaired) electrons. The molecule has 0 aliphatic heterocycles. The van der Waals surface area contributed by atoms with Crippen LogP contribution >= 0.6 is 12.2 Å². The number of nitrogens with zero attached hydrogens (tertiary/aromatic N) is 3. The molecule has 4 nitrogen and oxygen atoms in total. The zero-order chi connectivity index (χ0) is 13.9. The van der Waals surface area contributed by atoms with Gasteiger partial charge < -0.3 is 0 Å². The lowest BCUT2D eigenvalue weighted by Gasteiger charge is -2.26. The van der Waals surface area contributed by atoms with E-state index in [1.165, 1.54) is 25.7 Å². The Morgan fingerprint density at radius 1 is 1.30 bits per heavy atom. The minimum atomic E-state index is 0.698. The van der Waals surface area contributed by atoms with Crippen molar-refractivity contribution in [1.82, 2.24) is 19.7 Å². The highest BCUT2D eigenvalue weighted by atomic mass is 32.1. The highest BCUT2D eigenvalue weighted by molar-refractivity contribution is 7.71. The largest absolute Gasteiger partial charge is 0.299 e. The van der Waals surface area contributed by atoms with Crippen LogP contribution in [0.5, 0.6) is 0 Å².